The molecule has 3 heteroatoms. The van der Waals surface area contributed by atoms with Gasteiger partial charge >= 0.3 is 0 Å². The summed E-state index contributed by atoms with van der Waals surface area (Å²) in [4.78, 5) is 14.9. The summed E-state index contributed by atoms with van der Waals surface area (Å²) in [6, 6.07) is 14.6. The van der Waals surface area contributed by atoms with Crippen molar-refractivity contribution in [2.45, 2.75) is 32.6 Å². The summed E-state index contributed by atoms with van der Waals surface area (Å²) in [6.07, 6.45) is 0.999. The van der Waals surface area contributed by atoms with Crippen molar-refractivity contribution in [3.05, 3.63) is 70.3 Å². The van der Waals surface area contributed by atoms with Gasteiger partial charge in [0.1, 0.15) is 5.37 Å². The molecular formula is C20H23NOS. The first-order valence-corrected chi connectivity index (χ1v) is 9.23. The molecule has 120 valence electrons. The fourth-order valence-corrected chi connectivity index (χ4v) is 4.44. The highest BCUT2D eigenvalue weighted by Crippen LogP contribution is 2.40. The minimum absolute atomic E-state index is 0.133. The molecule has 1 atom stereocenters. The number of hydrogen-bond acceptors (Lipinski definition) is 2. The van der Waals surface area contributed by atoms with Gasteiger partial charge in [-0.3, -0.25) is 4.79 Å². The molecule has 1 fully saturated rings. The van der Waals surface area contributed by atoms with Crippen LogP contribution in [0.1, 0.15) is 44.9 Å². The number of thioether (sulfide) groups is 1. The fraction of sp³-hybridized carbons (Fsp3) is 0.350. The van der Waals surface area contributed by atoms with E-state index in [0.29, 0.717) is 0 Å². The predicted molar refractivity (Wildman–Crippen MR) is 98.0 cm³/mol. The van der Waals surface area contributed by atoms with Crippen LogP contribution in [0.2, 0.25) is 0 Å². The molecule has 0 saturated carbocycles. The molecule has 0 unspecified atom stereocenters. The van der Waals surface area contributed by atoms with E-state index in [4.69, 9.17) is 0 Å². The van der Waals surface area contributed by atoms with E-state index in [1.165, 1.54) is 22.3 Å². The Labute approximate surface area is 142 Å². The van der Waals surface area contributed by atoms with E-state index in [0.717, 1.165) is 24.3 Å². The average Bonchev–Trinajstić information content (AvgIpc) is 3.03. The number of carbonyl (C=O) groups excluding carboxylic acids is 1. The van der Waals surface area contributed by atoms with Gasteiger partial charge in [-0.05, 0) is 49.1 Å². The standard InChI is InChI=1S/C20H23NOS/c1-4-16-6-8-17(9-7-16)19(22)21-11-12-23-20(21)18-10-5-14(2)13-15(18)3/h5-10,13,20H,4,11-12H2,1-3H3/t20-/m0/s1. The van der Waals surface area contributed by atoms with E-state index >= 15 is 0 Å². The molecule has 1 saturated heterocycles. The maximum atomic E-state index is 12.9. The van der Waals surface area contributed by atoms with Gasteiger partial charge in [0.25, 0.3) is 5.91 Å². The molecule has 0 bridgehead atoms. The third kappa shape index (κ3) is 3.30. The minimum atomic E-state index is 0.133. The van der Waals surface area contributed by atoms with Crippen LogP contribution in [0.5, 0.6) is 0 Å². The van der Waals surface area contributed by atoms with Crippen molar-refractivity contribution in [3.8, 4) is 0 Å². The molecule has 1 amide bonds. The topological polar surface area (TPSA) is 20.3 Å². The van der Waals surface area contributed by atoms with Crippen molar-refractivity contribution in [1.82, 2.24) is 4.90 Å². The third-order valence-corrected chi connectivity index (χ3v) is 5.69. The van der Waals surface area contributed by atoms with Crippen LogP contribution in [-0.2, 0) is 6.42 Å². The van der Waals surface area contributed by atoms with Crippen molar-refractivity contribution in [2.75, 3.05) is 12.3 Å². The number of hydrogen-bond donors (Lipinski definition) is 0. The van der Waals surface area contributed by atoms with Crippen molar-refractivity contribution < 1.29 is 4.79 Å². The molecule has 0 aliphatic carbocycles. The number of aryl methyl sites for hydroxylation is 3. The van der Waals surface area contributed by atoms with Gasteiger partial charge < -0.3 is 4.90 Å². The van der Waals surface area contributed by atoms with Crippen LogP contribution in [0.4, 0.5) is 0 Å². The van der Waals surface area contributed by atoms with Gasteiger partial charge in [-0.2, -0.15) is 0 Å². The second-order valence-corrected chi connectivity index (χ2v) is 7.32. The SMILES string of the molecule is CCc1ccc(C(=O)N2CCS[C@H]2c2ccc(C)cc2C)cc1. The van der Waals surface area contributed by atoms with Crippen LogP contribution < -0.4 is 0 Å². The van der Waals surface area contributed by atoms with Crippen molar-refractivity contribution in [3.63, 3.8) is 0 Å². The molecule has 1 aliphatic rings. The summed E-state index contributed by atoms with van der Waals surface area (Å²) >= 11 is 1.86. The number of carbonyl (C=O) groups is 1. The quantitative estimate of drug-likeness (QED) is 0.811. The number of benzene rings is 2. The van der Waals surface area contributed by atoms with Gasteiger partial charge in [0.2, 0.25) is 0 Å². The maximum Gasteiger partial charge on any atom is 0.255 e. The Morgan fingerprint density at radius 3 is 2.57 bits per heavy atom. The van der Waals surface area contributed by atoms with E-state index in [1.54, 1.807) is 0 Å². The first-order valence-electron chi connectivity index (χ1n) is 8.19. The van der Waals surface area contributed by atoms with Crippen molar-refractivity contribution in [1.29, 1.82) is 0 Å². The molecular weight excluding hydrogens is 302 g/mol. The second kappa shape index (κ2) is 6.79. The summed E-state index contributed by atoms with van der Waals surface area (Å²) in [5, 5.41) is 0.133. The predicted octanol–water partition coefficient (Wildman–Crippen LogP) is 4.75. The fourth-order valence-electron chi connectivity index (χ4n) is 3.09. The molecule has 3 rings (SSSR count). The van der Waals surface area contributed by atoms with Gasteiger partial charge in [0, 0.05) is 17.9 Å². The normalized spacial score (nSPS) is 17.5. The Balaban J connectivity index is 1.86. The lowest BCUT2D eigenvalue weighted by Gasteiger charge is -2.25. The molecule has 2 aromatic carbocycles. The molecule has 0 radical (unpaired) electrons. The highest BCUT2D eigenvalue weighted by atomic mass is 32.2. The van der Waals surface area contributed by atoms with Crippen molar-refractivity contribution >= 4 is 17.7 Å². The summed E-state index contributed by atoms with van der Waals surface area (Å²) in [6.45, 7) is 7.19. The largest absolute Gasteiger partial charge is 0.322 e. The van der Waals surface area contributed by atoms with E-state index in [1.807, 2.05) is 28.8 Å². The Bertz CT molecular complexity index is 708. The highest BCUT2D eigenvalue weighted by Gasteiger charge is 2.32. The monoisotopic (exact) mass is 325 g/mol. The third-order valence-electron chi connectivity index (χ3n) is 4.45. The molecule has 0 spiro atoms. The van der Waals surface area contributed by atoms with Crippen LogP contribution in [0, 0.1) is 13.8 Å². The minimum Gasteiger partial charge on any atom is -0.322 e. The lowest BCUT2D eigenvalue weighted by atomic mass is 10.0. The van der Waals surface area contributed by atoms with Gasteiger partial charge in [0.05, 0.1) is 0 Å². The molecule has 0 N–H and O–H groups in total. The number of amides is 1. The molecule has 0 aromatic heterocycles. The van der Waals surface area contributed by atoms with Gasteiger partial charge in [0.15, 0.2) is 0 Å². The van der Waals surface area contributed by atoms with E-state index in [9.17, 15) is 4.79 Å². The zero-order chi connectivity index (χ0) is 16.4. The summed E-state index contributed by atoms with van der Waals surface area (Å²) < 4.78 is 0. The second-order valence-electron chi connectivity index (χ2n) is 6.13. The van der Waals surface area contributed by atoms with E-state index in [2.05, 4.69) is 51.1 Å². The van der Waals surface area contributed by atoms with Gasteiger partial charge in [-0.15, -0.1) is 11.8 Å². The van der Waals surface area contributed by atoms with E-state index in [-0.39, 0.29) is 11.3 Å². The lowest BCUT2D eigenvalue weighted by molar-refractivity contribution is 0.0760. The van der Waals surface area contributed by atoms with Gasteiger partial charge in [-0.1, -0.05) is 42.8 Å². The van der Waals surface area contributed by atoms with Crippen molar-refractivity contribution in [2.24, 2.45) is 0 Å². The van der Waals surface area contributed by atoms with E-state index < -0.39 is 0 Å². The summed E-state index contributed by atoms with van der Waals surface area (Å²) in [5.74, 6) is 1.14. The lowest BCUT2D eigenvalue weighted by Crippen LogP contribution is -2.30. The summed E-state index contributed by atoms with van der Waals surface area (Å²) in [7, 11) is 0. The first kappa shape index (κ1) is 16.1. The average molecular weight is 325 g/mol. The molecule has 2 aromatic rings. The number of nitrogens with zero attached hydrogens (tertiary/aromatic N) is 1. The maximum absolute atomic E-state index is 12.9. The zero-order valence-electron chi connectivity index (χ0n) is 14.0. The molecule has 1 aliphatic heterocycles. The Morgan fingerprint density at radius 2 is 1.91 bits per heavy atom. The zero-order valence-corrected chi connectivity index (χ0v) is 14.8. The number of rotatable bonds is 3. The Hall–Kier alpha value is -1.74. The first-order chi connectivity index (χ1) is 11.1. The van der Waals surface area contributed by atoms with Crippen LogP contribution in [0.3, 0.4) is 0 Å². The highest BCUT2D eigenvalue weighted by molar-refractivity contribution is 7.99. The Kier molecular flexibility index (Phi) is 4.76. The van der Waals surface area contributed by atoms with Crippen LogP contribution in [-0.4, -0.2) is 23.1 Å². The Morgan fingerprint density at radius 1 is 1.17 bits per heavy atom. The smallest absolute Gasteiger partial charge is 0.255 e. The molecule has 2 nitrogen and oxygen atoms in total. The van der Waals surface area contributed by atoms with Gasteiger partial charge in [-0.25, -0.2) is 0 Å². The molecule has 23 heavy (non-hydrogen) atoms. The molecule has 1 heterocycles. The summed E-state index contributed by atoms with van der Waals surface area (Å²) in [5.41, 5.74) is 5.85. The van der Waals surface area contributed by atoms with Crippen LogP contribution in [0.25, 0.3) is 0 Å². The van der Waals surface area contributed by atoms with Crippen LogP contribution in [0.15, 0.2) is 42.5 Å². The van der Waals surface area contributed by atoms with Crippen LogP contribution >= 0.6 is 11.8 Å².